The van der Waals surface area contributed by atoms with E-state index in [2.05, 4.69) is 46.0 Å². The lowest BCUT2D eigenvalue weighted by molar-refractivity contribution is -0.918. The molecule has 2 aliphatic heterocycles. The van der Waals surface area contributed by atoms with Gasteiger partial charge in [-0.25, -0.2) is 0 Å². The molecular formula is C24H30BrClN2O. The Morgan fingerprint density at radius 2 is 1.97 bits per heavy atom. The smallest absolute Gasteiger partial charge is 0.260 e. The van der Waals surface area contributed by atoms with Gasteiger partial charge in [-0.2, -0.15) is 0 Å². The fraction of sp³-hybridized carbons (Fsp3) is 0.458. The molecule has 2 aliphatic rings. The summed E-state index contributed by atoms with van der Waals surface area (Å²) in [5.74, 6) is 1.09. The van der Waals surface area contributed by atoms with Crippen LogP contribution in [0.25, 0.3) is 0 Å². The maximum absolute atomic E-state index is 13.5. The first-order valence-electron chi connectivity index (χ1n) is 10.3. The van der Waals surface area contributed by atoms with E-state index in [9.17, 15) is 4.79 Å². The highest BCUT2D eigenvalue weighted by molar-refractivity contribution is 6.34. The van der Waals surface area contributed by atoms with E-state index in [1.54, 1.807) is 6.07 Å². The second kappa shape index (κ2) is 8.41. The van der Waals surface area contributed by atoms with Crippen LogP contribution < -0.4 is 21.9 Å². The van der Waals surface area contributed by atoms with Gasteiger partial charge < -0.3 is 26.4 Å². The van der Waals surface area contributed by atoms with Gasteiger partial charge in [-0.05, 0) is 30.7 Å². The number of quaternary nitrogens is 1. The molecule has 1 saturated heterocycles. The lowest BCUT2D eigenvalue weighted by atomic mass is 9.86. The number of benzene rings is 2. The van der Waals surface area contributed by atoms with Crippen molar-refractivity contribution in [3.63, 3.8) is 0 Å². The molecule has 0 radical (unpaired) electrons. The van der Waals surface area contributed by atoms with Gasteiger partial charge in [-0.1, -0.05) is 55.3 Å². The van der Waals surface area contributed by atoms with Crippen molar-refractivity contribution in [1.82, 2.24) is 0 Å². The van der Waals surface area contributed by atoms with E-state index in [1.165, 1.54) is 17.7 Å². The first-order chi connectivity index (χ1) is 13.3. The van der Waals surface area contributed by atoms with Crippen LogP contribution in [0, 0.1) is 12.8 Å². The zero-order valence-corrected chi connectivity index (χ0v) is 20.0. The topological polar surface area (TPSA) is 20.3 Å². The number of aryl methyl sites for hydroxylation is 1. The van der Waals surface area contributed by atoms with Gasteiger partial charge in [0.05, 0.1) is 49.2 Å². The molecule has 0 N–H and O–H groups in total. The molecule has 3 atom stereocenters. The van der Waals surface area contributed by atoms with Gasteiger partial charge in [0.15, 0.2) is 0 Å². The van der Waals surface area contributed by atoms with Crippen LogP contribution in [0.2, 0.25) is 5.02 Å². The van der Waals surface area contributed by atoms with Crippen molar-refractivity contribution in [3.8, 4) is 0 Å². The number of fused-ring (bicyclic) bond motifs is 3. The molecule has 0 bridgehead atoms. The third kappa shape index (κ3) is 4.12. The third-order valence-electron chi connectivity index (χ3n) is 6.37. The first kappa shape index (κ1) is 22.3. The standard InChI is InChI=1S/C24H30ClN2O.BrH/c1-16(2)14-27(4)12-11-23-20(15-27)19-13-17(3)9-10-22(19)26(23)24(28)18-7-5-6-8-21(18)25;/h5-10,13,16,20,23H,11-12,14-15H2,1-4H3;1H/q+1;/p-1. The first-order valence-corrected chi connectivity index (χ1v) is 10.7. The van der Waals surface area contributed by atoms with Crippen LogP contribution in [0.15, 0.2) is 42.5 Å². The van der Waals surface area contributed by atoms with Crippen molar-refractivity contribution in [2.75, 3.05) is 31.6 Å². The molecule has 3 nitrogen and oxygen atoms in total. The van der Waals surface area contributed by atoms with Crippen LogP contribution in [0.3, 0.4) is 0 Å². The summed E-state index contributed by atoms with van der Waals surface area (Å²) in [5.41, 5.74) is 4.26. The lowest BCUT2D eigenvalue weighted by Gasteiger charge is -2.45. The maximum Gasteiger partial charge on any atom is 0.260 e. The number of nitrogens with zero attached hydrogens (tertiary/aromatic N) is 2. The van der Waals surface area contributed by atoms with E-state index in [0.717, 1.165) is 29.7 Å². The second-order valence-corrected chi connectivity index (χ2v) is 9.69. The molecule has 0 aromatic heterocycles. The number of hydrogen-bond acceptors (Lipinski definition) is 1. The maximum atomic E-state index is 13.5. The minimum atomic E-state index is 0. The summed E-state index contributed by atoms with van der Waals surface area (Å²) in [4.78, 5) is 15.6. The molecule has 0 saturated carbocycles. The summed E-state index contributed by atoms with van der Waals surface area (Å²) < 4.78 is 1.08. The highest BCUT2D eigenvalue weighted by Gasteiger charge is 2.49. The van der Waals surface area contributed by atoms with Crippen LogP contribution in [-0.4, -0.2) is 43.1 Å². The van der Waals surface area contributed by atoms with Gasteiger partial charge in [0.2, 0.25) is 0 Å². The number of likely N-dealkylation sites (tertiary alicyclic amines) is 1. The number of amides is 1. The zero-order chi connectivity index (χ0) is 20.1. The molecule has 1 amide bonds. The normalized spacial score (nSPS) is 25.4. The largest absolute Gasteiger partial charge is 1.00 e. The SMILES string of the molecule is Cc1ccc2c(c1)C1C[N+](C)(CC(C)C)CCC1N2C(=O)c1ccccc1Cl.[Br-]. The molecule has 0 spiro atoms. The number of carbonyl (C=O) groups is 1. The van der Waals surface area contributed by atoms with Gasteiger partial charge in [-0.15, -0.1) is 0 Å². The summed E-state index contributed by atoms with van der Waals surface area (Å²) >= 11 is 6.38. The van der Waals surface area contributed by atoms with Crippen molar-refractivity contribution >= 4 is 23.2 Å². The van der Waals surface area contributed by atoms with Gasteiger partial charge in [-0.3, -0.25) is 4.79 Å². The van der Waals surface area contributed by atoms with Crippen LogP contribution in [-0.2, 0) is 0 Å². The van der Waals surface area contributed by atoms with Crippen molar-refractivity contribution < 1.29 is 26.3 Å². The fourth-order valence-corrected chi connectivity index (χ4v) is 5.60. The number of hydrogen-bond donors (Lipinski definition) is 0. The van der Waals surface area contributed by atoms with Gasteiger partial charge in [0, 0.05) is 18.0 Å². The molecular weight excluding hydrogens is 448 g/mol. The number of likely N-dealkylation sites (N-methyl/N-ethyl adjacent to an activating group) is 1. The Bertz CT molecular complexity index is 916. The zero-order valence-electron chi connectivity index (χ0n) is 17.7. The molecule has 29 heavy (non-hydrogen) atoms. The number of anilines is 1. The average molecular weight is 478 g/mol. The minimum absolute atomic E-state index is 0. The Morgan fingerprint density at radius 1 is 1.24 bits per heavy atom. The molecule has 3 unspecified atom stereocenters. The molecule has 1 fully saturated rings. The predicted molar refractivity (Wildman–Crippen MR) is 116 cm³/mol. The Labute approximate surface area is 190 Å². The average Bonchev–Trinajstić information content (AvgIpc) is 2.93. The summed E-state index contributed by atoms with van der Waals surface area (Å²) in [6, 6.07) is 14.2. The number of halogens is 2. The van der Waals surface area contributed by atoms with Gasteiger partial charge in [0.25, 0.3) is 5.91 Å². The Balaban J connectivity index is 0.00000240. The summed E-state index contributed by atoms with van der Waals surface area (Å²) in [6.45, 7) is 10.1. The van der Waals surface area contributed by atoms with Crippen molar-refractivity contribution in [1.29, 1.82) is 0 Å². The molecule has 2 heterocycles. The van der Waals surface area contributed by atoms with Crippen LogP contribution in [0.5, 0.6) is 0 Å². The minimum Gasteiger partial charge on any atom is -1.00 e. The van der Waals surface area contributed by atoms with E-state index >= 15 is 0 Å². The second-order valence-electron chi connectivity index (χ2n) is 9.28. The molecule has 5 heteroatoms. The molecule has 156 valence electrons. The lowest BCUT2D eigenvalue weighted by Crippen LogP contribution is -3.00. The predicted octanol–water partition coefficient (Wildman–Crippen LogP) is 2.27. The molecule has 2 aromatic rings. The summed E-state index contributed by atoms with van der Waals surface area (Å²) in [5, 5.41) is 0.529. The molecule has 2 aromatic carbocycles. The number of carbonyl (C=O) groups excluding carboxylic acids is 1. The third-order valence-corrected chi connectivity index (χ3v) is 6.70. The van der Waals surface area contributed by atoms with Crippen LogP contribution >= 0.6 is 11.6 Å². The number of rotatable bonds is 3. The van der Waals surface area contributed by atoms with E-state index in [1.807, 2.05) is 23.1 Å². The molecule has 4 rings (SSSR count). The Kier molecular flexibility index (Phi) is 6.47. The van der Waals surface area contributed by atoms with Crippen LogP contribution in [0.4, 0.5) is 5.69 Å². The van der Waals surface area contributed by atoms with Crippen LogP contribution in [0.1, 0.15) is 47.7 Å². The van der Waals surface area contributed by atoms with Crippen molar-refractivity contribution in [2.24, 2.45) is 5.92 Å². The number of piperidine rings is 1. The highest BCUT2D eigenvalue weighted by atomic mass is 79.9. The Morgan fingerprint density at radius 3 is 2.66 bits per heavy atom. The monoisotopic (exact) mass is 476 g/mol. The molecule has 0 aliphatic carbocycles. The summed E-state index contributed by atoms with van der Waals surface area (Å²) in [7, 11) is 2.38. The van der Waals surface area contributed by atoms with Crippen molar-refractivity contribution in [3.05, 3.63) is 64.2 Å². The van der Waals surface area contributed by atoms with E-state index in [-0.39, 0.29) is 28.9 Å². The Hall–Kier alpha value is -1.36. The van der Waals surface area contributed by atoms with Crippen molar-refractivity contribution in [2.45, 2.75) is 39.2 Å². The quantitative estimate of drug-likeness (QED) is 0.621. The van der Waals surface area contributed by atoms with E-state index in [4.69, 9.17) is 11.6 Å². The van der Waals surface area contributed by atoms with E-state index < -0.39 is 0 Å². The summed E-state index contributed by atoms with van der Waals surface area (Å²) in [6.07, 6.45) is 1.03. The highest BCUT2D eigenvalue weighted by Crippen LogP contribution is 2.47. The van der Waals surface area contributed by atoms with E-state index in [0.29, 0.717) is 22.4 Å². The van der Waals surface area contributed by atoms with Gasteiger partial charge in [0.1, 0.15) is 0 Å². The fourth-order valence-electron chi connectivity index (χ4n) is 5.39. The van der Waals surface area contributed by atoms with Gasteiger partial charge >= 0.3 is 0 Å².